The fourth-order valence-electron chi connectivity index (χ4n) is 8.95. The first kappa shape index (κ1) is 39.3. The number of aryl methyl sites for hydroxylation is 2. The maximum absolute atomic E-state index is 16.4. The predicted octanol–water partition coefficient (Wildman–Crippen LogP) is 7.36. The molecular weight excluding hydrogens is 764 g/mol. The third kappa shape index (κ3) is 7.25. The monoisotopic (exact) mass is 809 g/mol. The summed E-state index contributed by atoms with van der Waals surface area (Å²) in [6.07, 6.45) is 6.70. The van der Waals surface area contributed by atoms with Gasteiger partial charge in [0.05, 0.1) is 33.4 Å². The van der Waals surface area contributed by atoms with E-state index < -0.39 is 17.6 Å². The summed E-state index contributed by atoms with van der Waals surface area (Å²) in [7, 11) is 5.11. The topological polar surface area (TPSA) is 124 Å². The average Bonchev–Trinajstić information content (AvgIpc) is 3.80. The van der Waals surface area contributed by atoms with Crippen LogP contribution in [0.1, 0.15) is 78.7 Å². The van der Waals surface area contributed by atoms with E-state index in [1.807, 2.05) is 34.8 Å². The maximum atomic E-state index is 16.4. The van der Waals surface area contributed by atoms with Gasteiger partial charge in [0.2, 0.25) is 17.7 Å². The molecular formula is C44H46ClF2N7O4. The Bertz CT molecular complexity index is 2530. The van der Waals surface area contributed by atoms with Crippen LogP contribution < -0.4 is 10.2 Å². The Morgan fingerprint density at radius 2 is 1.76 bits per heavy atom. The van der Waals surface area contributed by atoms with Gasteiger partial charge in [-0.05, 0) is 85.4 Å². The molecule has 5 aromatic rings. The van der Waals surface area contributed by atoms with E-state index in [0.717, 1.165) is 42.1 Å². The molecule has 1 atom stereocenters. The molecule has 0 aliphatic carbocycles. The van der Waals surface area contributed by atoms with Crippen LogP contribution in [-0.4, -0.2) is 88.5 Å². The molecule has 8 rings (SSSR count). The molecule has 0 saturated carbocycles. The number of carbonyl (C=O) groups is 4. The molecule has 1 unspecified atom stereocenters. The second kappa shape index (κ2) is 15.7. The van der Waals surface area contributed by atoms with Crippen molar-refractivity contribution in [2.24, 2.45) is 13.0 Å². The molecule has 0 bridgehead atoms. The number of piperidine rings is 2. The number of imide groups is 1. The van der Waals surface area contributed by atoms with E-state index in [-0.39, 0.29) is 46.9 Å². The third-order valence-corrected chi connectivity index (χ3v) is 12.4. The van der Waals surface area contributed by atoms with Gasteiger partial charge in [-0.25, -0.2) is 8.78 Å². The zero-order chi connectivity index (χ0) is 41.0. The third-order valence-electron chi connectivity index (χ3n) is 12.1. The van der Waals surface area contributed by atoms with Gasteiger partial charge in [0.15, 0.2) is 5.82 Å². The van der Waals surface area contributed by atoms with Crippen LogP contribution in [0.5, 0.6) is 0 Å². The number of halogens is 3. The highest BCUT2D eigenvalue weighted by molar-refractivity contribution is 6.34. The van der Waals surface area contributed by atoms with E-state index in [0.29, 0.717) is 83.3 Å². The first-order chi connectivity index (χ1) is 27.8. The minimum Gasteiger partial charge on any atom is -0.369 e. The molecule has 302 valence electrons. The van der Waals surface area contributed by atoms with Gasteiger partial charge in [-0.15, -0.1) is 0 Å². The van der Waals surface area contributed by atoms with Crippen LogP contribution in [0, 0.1) is 17.6 Å². The lowest BCUT2D eigenvalue weighted by Gasteiger charge is -2.34. The Hall–Kier alpha value is -5.56. The average molecular weight is 810 g/mol. The molecule has 0 spiro atoms. The van der Waals surface area contributed by atoms with E-state index >= 15 is 8.78 Å². The largest absolute Gasteiger partial charge is 0.369 e. The first-order valence-corrected chi connectivity index (χ1v) is 20.2. The van der Waals surface area contributed by atoms with Crippen molar-refractivity contribution in [1.82, 2.24) is 29.9 Å². The summed E-state index contributed by atoms with van der Waals surface area (Å²) in [6, 6.07) is 12.4. The summed E-state index contributed by atoms with van der Waals surface area (Å²) < 4.78 is 34.5. The van der Waals surface area contributed by atoms with Crippen LogP contribution in [-0.2, 0) is 27.9 Å². The lowest BCUT2D eigenvalue weighted by atomic mass is 9.89. The van der Waals surface area contributed by atoms with Crippen LogP contribution >= 0.6 is 11.6 Å². The van der Waals surface area contributed by atoms with Gasteiger partial charge in [-0.2, -0.15) is 5.10 Å². The molecule has 3 aliphatic heterocycles. The van der Waals surface area contributed by atoms with E-state index in [4.69, 9.17) is 16.7 Å². The molecule has 2 fully saturated rings. The number of fused-ring (bicyclic) bond motifs is 2. The minimum atomic E-state index is -0.557. The van der Waals surface area contributed by atoms with Crippen LogP contribution in [0.15, 0.2) is 48.5 Å². The molecule has 2 N–H and O–H groups in total. The highest BCUT2D eigenvalue weighted by Crippen LogP contribution is 2.42. The summed E-state index contributed by atoms with van der Waals surface area (Å²) in [5.74, 6) is -2.06. The van der Waals surface area contributed by atoms with E-state index in [2.05, 4.69) is 16.4 Å². The van der Waals surface area contributed by atoms with Gasteiger partial charge in [-0.3, -0.25) is 29.2 Å². The predicted molar refractivity (Wildman–Crippen MR) is 221 cm³/mol. The summed E-state index contributed by atoms with van der Waals surface area (Å²) in [5.41, 5.74) is 5.27. The van der Waals surface area contributed by atoms with Gasteiger partial charge in [0.1, 0.15) is 11.5 Å². The lowest BCUT2D eigenvalue weighted by Crippen LogP contribution is -2.39. The number of anilines is 1. The van der Waals surface area contributed by atoms with E-state index in [1.54, 1.807) is 37.2 Å². The standard InChI is InChI=1S/C44H46ClF2N7O4/c1-24(55)54-16-6-8-27(23-54)30-19-31(33-21-36(44(58)51(2)3)48-41(33)39(30)47)32-20-35(46)37(22-34(32)45)53-17-14-25(15-18-53)10-11-26-7-5-9-28-40(50-52(4)42(26)28)29-12-13-38(56)49-43(29)57/h5,7-9,19-22,25,29,48H,6,10-18,23H2,1-4H3,(H,49,56,57). The molecule has 14 heteroatoms. The number of H-pyrrole nitrogens is 1. The molecule has 5 heterocycles. The smallest absolute Gasteiger partial charge is 0.269 e. The van der Waals surface area contributed by atoms with Gasteiger partial charge in [-0.1, -0.05) is 35.9 Å². The fourth-order valence-corrected chi connectivity index (χ4v) is 9.21. The molecule has 0 radical (unpaired) electrons. The summed E-state index contributed by atoms with van der Waals surface area (Å²) in [4.78, 5) is 57.7. The molecule has 3 aromatic carbocycles. The fraction of sp³-hybridized carbons (Fsp3) is 0.386. The zero-order valence-electron chi connectivity index (χ0n) is 33.1. The second-order valence-corrected chi connectivity index (χ2v) is 16.4. The van der Waals surface area contributed by atoms with Crippen LogP contribution in [0.2, 0.25) is 5.02 Å². The SMILES string of the molecule is CC(=O)N1CCC=C(c2cc(-c3cc(F)c(N4CCC(CCc5cccc6c(C7CCC(=O)NC7=O)nn(C)c56)CC4)cc3Cl)c3cc(C(=O)N(C)C)[nH]c3c2F)C1. The lowest BCUT2D eigenvalue weighted by molar-refractivity contribution is -0.134. The molecule has 11 nitrogen and oxygen atoms in total. The van der Waals surface area contributed by atoms with Crippen molar-refractivity contribution < 1.29 is 28.0 Å². The van der Waals surface area contributed by atoms with Crippen molar-refractivity contribution in [3.8, 4) is 11.1 Å². The second-order valence-electron chi connectivity index (χ2n) is 16.0. The number of aromatic amines is 1. The first-order valence-electron chi connectivity index (χ1n) is 19.8. The number of amides is 4. The number of carbonyl (C=O) groups excluding carboxylic acids is 4. The van der Waals surface area contributed by atoms with Gasteiger partial charge in [0, 0.05) is 82.6 Å². The van der Waals surface area contributed by atoms with E-state index in [1.165, 1.54) is 17.9 Å². The highest BCUT2D eigenvalue weighted by atomic mass is 35.5. The quantitative estimate of drug-likeness (QED) is 0.158. The number of nitrogens with one attached hydrogen (secondary N) is 2. The van der Waals surface area contributed by atoms with Crippen LogP contribution in [0.3, 0.4) is 0 Å². The number of benzene rings is 3. The number of nitrogens with zero attached hydrogens (tertiary/aromatic N) is 5. The zero-order valence-corrected chi connectivity index (χ0v) is 33.8. The highest BCUT2D eigenvalue weighted by Gasteiger charge is 2.32. The van der Waals surface area contributed by atoms with Crippen molar-refractivity contribution in [2.75, 3.05) is 45.2 Å². The van der Waals surface area contributed by atoms with Gasteiger partial charge < -0.3 is 19.7 Å². The summed E-state index contributed by atoms with van der Waals surface area (Å²) >= 11 is 7.01. The Balaban J connectivity index is 1.02. The van der Waals surface area contributed by atoms with Crippen molar-refractivity contribution in [3.63, 3.8) is 0 Å². The van der Waals surface area contributed by atoms with Crippen LogP contribution in [0.4, 0.5) is 14.5 Å². The minimum absolute atomic E-state index is 0.107. The number of hydrogen-bond donors (Lipinski definition) is 2. The molecule has 58 heavy (non-hydrogen) atoms. The molecule has 2 saturated heterocycles. The number of para-hydroxylation sites is 1. The summed E-state index contributed by atoms with van der Waals surface area (Å²) in [5, 5.41) is 8.81. The molecule has 2 aromatic heterocycles. The molecule has 3 aliphatic rings. The van der Waals surface area contributed by atoms with Crippen molar-refractivity contribution in [2.45, 2.75) is 57.8 Å². The summed E-state index contributed by atoms with van der Waals surface area (Å²) in [6.45, 7) is 3.53. The Labute approximate surface area is 340 Å². The van der Waals surface area contributed by atoms with Gasteiger partial charge >= 0.3 is 0 Å². The van der Waals surface area contributed by atoms with Crippen molar-refractivity contribution in [3.05, 3.63) is 87.7 Å². The number of aromatic nitrogens is 3. The van der Waals surface area contributed by atoms with E-state index in [9.17, 15) is 19.2 Å². The Kier molecular flexibility index (Phi) is 10.6. The normalized spacial score (nSPS) is 17.9. The van der Waals surface area contributed by atoms with Crippen molar-refractivity contribution >= 4 is 68.3 Å². The van der Waals surface area contributed by atoms with Crippen LogP contribution in [0.25, 0.3) is 38.5 Å². The van der Waals surface area contributed by atoms with Crippen molar-refractivity contribution in [1.29, 1.82) is 0 Å². The Morgan fingerprint density at radius 3 is 2.48 bits per heavy atom. The Morgan fingerprint density at radius 1 is 0.983 bits per heavy atom. The van der Waals surface area contributed by atoms with Gasteiger partial charge in [0.25, 0.3) is 5.91 Å². The number of hydrogen-bond acceptors (Lipinski definition) is 6. The number of rotatable bonds is 8. The molecule has 4 amide bonds. The maximum Gasteiger partial charge on any atom is 0.269 e.